The first-order valence-corrected chi connectivity index (χ1v) is 6.26. The normalized spacial score (nSPS) is 9.95. The highest BCUT2D eigenvalue weighted by Gasteiger charge is 2.09. The highest BCUT2D eigenvalue weighted by molar-refractivity contribution is 5.92. The minimum absolute atomic E-state index is 0.0609. The van der Waals surface area contributed by atoms with Crippen molar-refractivity contribution in [3.63, 3.8) is 0 Å². The van der Waals surface area contributed by atoms with Crippen LogP contribution >= 0.6 is 0 Å². The first-order valence-electron chi connectivity index (χ1n) is 6.26. The van der Waals surface area contributed by atoms with Crippen LogP contribution in [-0.2, 0) is 11.2 Å². The molecule has 1 N–H and O–H groups in total. The van der Waals surface area contributed by atoms with Gasteiger partial charge in [-0.1, -0.05) is 18.2 Å². The molecule has 0 aliphatic heterocycles. The van der Waals surface area contributed by atoms with E-state index in [-0.39, 0.29) is 18.0 Å². The minimum atomic E-state index is -0.502. The van der Waals surface area contributed by atoms with E-state index in [2.05, 4.69) is 5.32 Å². The Balaban J connectivity index is 2.04. The molecule has 0 saturated heterocycles. The van der Waals surface area contributed by atoms with Crippen LogP contribution in [0.2, 0.25) is 0 Å². The number of nitro groups is 1. The van der Waals surface area contributed by atoms with Gasteiger partial charge in [-0.25, -0.2) is 0 Å². The summed E-state index contributed by atoms with van der Waals surface area (Å²) >= 11 is 0. The third kappa shape index (κ3) is 4.04. The van der Waals surface area contributed by atoms with Gasteiger partial charge in [-0.05, 0) is 23.8 Å². The lowest BCUT2D eigenvalue weighted by atomic mass is 10.1. The Morgan fingerprint density at radius 1 is 1.24 bits per heavy atom. The molecule has 0 bridgehead atoms. The van der Waals surface area contributed by atoms with Crippen molar-refractivity contribution in [1.29, 1.82) is 0 Å². The smallest absolute Gasteiger partial charge is 0.271 e. The standard InChI is InChI=1S/C15H14N2O4/c1-21-14-7-2-4-11(8-14)9-15(18)16-12-5-3-6-13(10-12)17(19)20/h2-8,10H,9H2,1H3,(H,16,18). The van der Waals surface area contributed by atoms with E-state index in [0.29, 0.717) is 11.4 Å². The number of benzene rings is 2. The van der Waals surface area contributed by atoms with Gasteiger partial charge in [0.15, 0.2) is 0 Å². The zero-order valence-corrected chi connectivity index (χ0v) is 11.4. The number of non-ortho nitro benzene ring substituents is 1. The van der Waals surface area contributed by atoms with Crippen molar-refractivity contribution < 1.29 is 14.5 Å². The third-order valence-electron chi connectivity index (χ3n) is 2.84. The maximum Gasteiger partial charge on any atom is 0.271 e. The SMILES string of the molecule is COc1cccc(CC(=O)Nc2cccc([N+](=O)[O-])c2)c1. The first-order chi connectivity index (χ1) is 10.1. The van der Waals surface area contributed by atoms with Crippen LogP contribution in [0.15, 0.2) is 48.5 Å². The molecule has 0 atom stereocenters. The molecule has 0 spiro atoms. The number of hydrogen-bond donors (Lipinski definition) is 1. The zero-order chi connectivity index (χ0) is 15.2. The van der Waals surface area contributed by atoms with Gasteiger partial charge in [0.1, 0.15) is 5.75 Å². The molecule has 0 heterocycles. The summed E-state index contributed by atoms with van der Waals surface area (Å²) in [5.41, 5.74) is 1.14. The number of amides is 1. The van der Waals surface area contributed by atoms with Gasteiger partial charge in [0, 0.05) is 17.8 Å². The molecule has 0 radical (unpaired) electrons. The van der Waals surface area contributed by atoms with E-state index < -0.39 is 4.92 Å². The Labute approximate surface area is 121 Å². The van der Waals surface area contributed by atoms with Crippen LogP contribution in [0.25, 0.3) is 0 Å². The molecule has 21 heavy (non-hydrogen) atoms. The molecule has 6 nitrogen and oxygen atoms in total. The van der Waals surface area contributed by atoms with Gasteiger partial charge in [-0.3, -0.25) is 14.9 Å². The molecule has 2 rings (SSSR count). The third-order valence-corrected chi connectivity index (χ3v) is 2.84. The van der Waals surface area contributed by atoms with Gasteiger partial charge in [0.2, 0.25) is 5.91 Å². The lowest BCUT2D eigenvalue weighted by Crippen LogP contribution is -2.14. The van der Waals surface area contributed by atoms with Crippen molar-refractivity contribution in [3.05, 3.63) is 64.2 Å². The van der Waals surface area contributed by atoms with E-state index in [1.54, 1.807) is 31.4 Å². The second-order valence-electron chi connectivity index (χ2n) is 4.38. The van der Waals surface area contributed by atoms with Gasteiger partial charge in [0.25, 0.3) is 5.69 Å². The van der Waals surface area contributed by atoms with Gasteiger partial charge < -0.3 is 10.1 Å². The maximum absolute atomic E-state index is 11.9. The Morgan fingerprint density at radius 2 is 2.00 bits per heavy atom. The molecular formula is C15H14N2O4. The van der Waals surface area contributed by atoms with Crippen LogP contribution in [0.3, 0.4) is 0 Å². The number of carbonyl (C=O) groups is 1. The number of carbonyl (C=O) groups excluding carboxylic acids is 1. The lowest BCUT2D eigenvalue weighted by Gasteiger charge is -2.06. The zero-order valence-electron chi connectivity index (χ0n) is 11.4. The van der Waals surface area contributed by atoms with Crippen molar-refractivity contribution in [1.82, 2.24) is 0 Å². The average Bonchev–Trinajstić information content (AvgIpc) is 2.47. The fraction of sp³-hybridized carbons (Fsp3) is 0.133. The summed E-state index contributed by atoms with van der Waals surface area (Å²) in [6.07, 6.45) is 0.167. The number of ether oxygens (including phenoxy) is 1. The number of methoxy groups -OCH3 is 1. The predicted octanol–water partition coefficient (Wildman–Crippen LogP) is 2.78. The van der Waals surface area contributed by atoms with Crippen molar-refractivity contribution in [2.75, 3.05) is 12.4 Å². The number of nitro benzene ring substituents is 1. The molecule has 6 heteroatoms. The highest BCUT2D eigenvalue weighted by Crippen LogP contribution is 2.18. The van der Waals surface area contributed by atoms with E-state index >= 15 is 0 Å². The van der Waals surface area contributed by atoms with Crippen molar-refractivity contribution in [2.24, 2.45) is 0 Å². The van der Waals surface area contributed by atoms with Crippen LogP contribution in [0, 0.1) is 10.1 Å². The summed E-state index contributed by atoms with van der Waals surface area (Å²) in [5.74, 6) is 0.430. The topological polar surface area (TPSA) is 81.5 Å². The Hall–Kier alpha value is -2.89. The van der Waals surface area contributed by atoms with Crippen molar-refractivity contribution in [2.45, 2.75) is 6.42 Å². The largest absolute Gasteiger partial charge is 0.497 e. The number of nitrogens with zero attached hydrogens (tertiary/aromatic N) is 1. The Kier molecular flexibility index (Phi) is 4.50. The summed E-state index contributed by atoms with van der Waals surface area (Å²) in [5, 5.41) is 13.3. The molecule has 2 aromatic rings. The average molecular weight is 286 g/mol. The monoisotopic (exact) mass is 286 g/mol. The molecule has 0 saturated carbocycles. The summed E-state index contributed by atoms with van der Waals surface area (Å²) in [4.78, 5) is 22.1. The molecule has 0 unspecified atom stereocenters. The van der Waals surface area contributed by atoms with Crippen LogP contribution in [0.4, 0.5) is 11.4 Å². The second-order valence-corrected chi connectivity index (χ2v) is 4.38. The van der Waals surface area contributed by atoms with E-state index in [0.717, 1.165) is 5.56 Å². The van der Waals surface area contributed by atoms with Gasteiger partial charge in [-0.2, -0.15) is 0 Å². The molecule has 0 fully saturated rings. The number of nitrogens with one attached hydrogen (secondary N) is 1. The Morgan fingerprint density at radius 3 is 2.71 bits per heavy atom. The van der Waals surface area contributed by atoms with E-state index in [1.165, 1.54) is 18.2 Å². The molecule has 0 aliphatic rings. The van der Waals surface area contributed by atoms with Crippen LogP contribution < -0.4 is 10.1 Å². The van der Waals surface area contributed by atoms with E-state index in [9.17, 15) is 14.9 Å². The molecule has 0 aliphatic carbocycles. The van der Waals surface area contributed by atoms with Gasteiger partial charge in [0.05, 0.1) is 18.5 Å². The quantitative estimate of drug-likeness (QED) is 0.677. The van der Waals surface area contributed by atoms with Crippen LogP contribution in [0.1, 0.15) is 5.56 Å². The van der Waals surface area contributed by atoms with Crippen molar-refractivity contribution in [3.8, 4) is 5.75 Å². The molecule has 2 aromatic carbocycles. The fourth-order valence-corrected chi connectivity index (χ4v) is 1.87. The second kappa shape index (κ2) is 6.51. The van der Waals surface area contributed by atoms with Crippen LogP contribution in [0.5, 0.6) is 5.75 Å². The van der Waals surface area contributed by atoms with Crippen molar-refractivity contribution >= 4 is 17.3 Å². The molecule has 0 aromatic heterocycles. The Bertz CT molecular complexity index is 670. The fourth-order valence-electron chi connectivity index (χ4n) is 1.87. The summed E-state index contributed by atoms with van der Waals surface area (Å²) in [6, 6.07) is 13.0. The van der Waals surface area contributed by atoms with Crippen LogP contribution in [-0.4, -0.2) is 17.9 Å². The predicted molar refractivity (Wildman–Crippen MR) is 78.4 cm³/mol. The van der Waals surface area contributed by atoms with E-state index in [4.69, 9.17) is 4.74 Å². The molecule has 1 amide bonds. The number of anilines is 1. The van der Waals surface area contributed by atoms with Gasteiger partial charge >= 0.3 is 0 Å². The highest BCUT2D eigenvalue weighted by atomic mass is 16.6. The van der Waals surface area contributed by atoms with E-state index in [1.807, 2.05) is 6.07 Å². The first kappa shape index (κ1) is 14.5. The molecule has 108 valence electrons. The number of hydrogen-bond acceptors (Lipinski definition) is 4. The number of rotatable bonds is 5. The molecular weight excluding hydrogens is 272 g/mol. The lowest BCUT2D eigenvalue weighted by molar-refractivity contribution is -0.384. The van der Waals surface area contributed by atoms with Gasteiger partial charge in [-0.15, -0.1) is 0 Å². The minimum Gasteiger partial charge on any atom is -0.497 e. The summed E-state index contributed by atoms with van der Waals surface area (Å²) in [6.45, 7) is 0. The summed E-state index contributed by atoms with van der Waals surface area (Å²) < 4.78 is 5.09. The maximum atomic E-state index is 11.9. The summed E-state index contributed by atoms with van der Waals surface area (Å²) in [7, 11) is 1.56.